The lowest BCUT2D eigenvalue weighted by Gasteiger charge is -2.24. The van der Waals surface area contributed by atoms with Gasteiger partial charge < -0.3 is 20.3 Å². The number of ether oxygens (including phenoxy) is 1. The van der Waals surface area contributed by atoms with Crippen LogP contribution in [0.2, 0.25) is 0 Å². The Kier molecular flexibility index (Phi) is 48.0. The van der Waals surface area contributed by atoms with Crippen molar-refractivity contribution < 1.29 is 24.5 Å². The highest BCUT2D eigenvalue weighted by Gasteiger charge is 2.24. The maximum Gasteiger partial charge on any atom is 0.306 e. The highest BCUT2D eigenvalue weighted by molar-refractivity contribution is 5.77. The average Bonchev–Trinajstić information content (AvgIpc) is 3.25. The lowest BCUT2D eigenvalue weighted by Crippen LogP contribution is -2.46. The number of allylic oxidation sites excluding steroid dienone is 4. The molecular weight excluding hydrogens is 755 g/mol. The maximum atomic E-state index is 13.2. The first-order chi connectivity index (χ1) is 30.0. The van der Waals surface area contributed by atoms with Gasteiger partial charge in [-0.1, -0.05) is 251 Å². The number of carbonyl (C=O) groups is 2. The van der Waals surface area contributed by atoms with Gasteiger partial charge >= 0.3 is 5.97 Å². The lowest BCUT2D eigenvalue weighted by atomic mass is 10.0. The van der Waals surface area contributed by atoms with Crippen molar-refractivity contribution in [2.24, 2.45) is 0 Å². The highest BCUT2D eigenvalue weighted by Crippen LogP contribution is 2.19. The van der Waals surface area contributed by atoms with Crippen LogP contribution in [0.5, 0.6) is 0 Å². The summed E-state index contributed by atoms with van der Waals surface area (Å²) in [7, 11) is 0. The van der Waals surface area contributed by atoms with Gasteiger partial charge in [0.25, 0.3) is 0 Å². The van der Waals surface area contributed by atoms with Crippen LogP contribution in [0, 0.1) is 0 Å². The zero-order chi connectivity index (χ0) is 44.5. The summed E-state index contributed by atoms with van der Waals surface area (Å²) in [5, 5.41) is 23.8. The van der Waals surface area contributed by atoms with E-state index in [-0.39, 0.29) is 24.9 Å². The Hall–Kier alpha value is -1.66. The van der Waals surface area contributed by atoms with E-state index in [1.807, 2.05) is 0 Å². The van der Waals surface area contributed by atoms with Crippen LogP contribution in [0.15, 0.2) is 24.3 Å². The molecule has 0 aliphatic heterocycles. The van der Waals surface area contributed by atoms with Crippen LogP contribution in [-0.4, -0.2) is 46.9 Å². The second kappa shape index (κ2) is 49.4. The number of aliphatic hydroxyl groups excluding tert-OH is 2. The van der Waals surface area contributed by atoms with E-state index < -0.39 is 18.2 Å². The van der Waals surface area contributed by atoms with E-state index in [4.69, 9.17) is 4.74 Å². The van der Waals surface area contributed by atoms with Crippen molar-refractivity contribution in [3.05, 3.63) is 24.3 Å². The monoisotopic (exact) mass is 860 g/mol. The Labute approximate surface area is 380 Å². The highest BCUT2D eigenvalue weighted by atomic mass is 16.5. The molecule has 6 nitrogen and oxygen atoms in total. The summed E-state index contributed by atoms with van der Waals surface area (Å²) in [5.41, 5.74) is 0. The molecule has 0 spiro atoms. The minimum absolute atomic E-state index is 0.0800. The molecule has 3 atom stereocenters. The summed E-state index contributed by atoms with van der Waals surface area (Å²) in [5.74, 6) is -0.467. The van der Waals surface area contributed by atoms with E-state index in [1.165, 1.54) is 180 Å². The van der Waals surface area contributed by atoms with E-state index in [1.54, 1.807) is 0 Å². The number of carbonyl (C=O) groups excluding carboxylic acids is 2. The molecule has 0 radical (unpaired) electrons. The molecule has 0 bridgehead atoms. The Morgan fingerprint density at radius 3 is 1.33 bits per heavy atom. The quantitative estimate of drug-likeness (QED) is 0.0322. The van der Waals surface area contributed by atoms with Crippen LogP contribution in [-0.2, 0) is 14.3 Å². The van der Waals surface area contributed by atoms with Gasteiger partial charge in [0.05, 0.1) is 25.2 Å². The minimum atomic E-state index is -0.784. The molecule has 0 fully saturated rings. The molecule has 0 aliphatic carbocycles. The first kappa shape index (κ1) is 59.3. The van der Waals surface area contributed by atoms with E-state index in [2.05, 4.69) is 50.4 Å². The summed E-state index contributed by atoms with van der Waals surface area (Å²) in [6.45, 7) is 6.40. The third-order valence-electron chi connectivity index (χ3n) is 12.5. The fraction of sp³-hybridized carbons (Fsp3) is 0.891. The molecule has 3 unspecified atom stereocenters. The third-order valence-corrected chi connectivity index (χ3v) is 12.5. The first-order valence-electron chi connectivity index (χ1n) is 27.1. The molecule has 0 rings (SSSR count). The van der Waals surface area contributed by atoms with Crippen molar-refractivity contribution in [3.63, 3.8) is 0 Å². The maximum absolute atomic E-state index is 13.2. The van der Waals surface area contributed by atoms with Crippen LogP contribution in [0.4, 0.5) is 0 Å². The zero-order valence-corrected chi connectivity index (χ0v) is 41.1. The Morgan fingerprint density at radius 2 is 0.885 bits per heavy atom. The van der Waals surface area contributed by atoms with Crippen LogP contribution in [0.1, 0.15) is 290 Å². The third kappa shape index (κ3) is 44.7. The number of rotatable bonds is 49. The van der Waals surface area contributed by atoms with E-state index >= 15 is 0 Å². The van der Waals surface area contributed by atoms with Gasteiger partial charge in [-0.05, 0) is 51.4 Å². The van der Waals surface area contributed by atoms with Gasteiger partial charge in [0.15, 0.2) is 0 Å². The van der Waals surface area contributed by atoms with E-state index in [9.17, 15) is 19.8 Å². The van der Waals surface area contributed by atoms with Gasteiger partial charge in [0, 0.05) is 6.42 Å². The Balaban J connectivity index is 4.48. The Bertz CT molecular complexity index is 966. The molecule has 0 saturated carbocycles. The number of nitrogens with one attached hydrogen (secondary N) is 1. The number of amides is 1. The summed E-state index contributed by atoms with van der Waals surface area (Å²) < 4.78 is 5.94. The summed E-state index contributed by atoms with van der Waals surface area (Å²) in [6, 6.07) is -0.698. The van der Waals surface area contributed by atoms with Crippen LogP contribution in [0.3, 0.4) is 0 Å². The molecule has 0 aromatic carbocycles. The van der Waals surface area contributed by atoms with Crippen LogP contribution in [0.25, 0.3) is 0 Å². The van der Waals surface area contributed by atoms with Gasteiger partial charge in [-0.2, -0.15) is 0 Å². The largest absolute Gasteiger partial charge is 0.462 e. The second-order valence-electron chi connectivity index (χ2n) is 18.6. The van der Waals surface area contributed by atoms with Crippen LogP contribution < -0.4 is 5.32 Å². The average molecular weight is 860 g/mol. The fourth-order valence-corrected chi connectivity index (χ4v) is 8.47. The smallest absolute Gasteiger partial charge is 0.306 e. The van der Waals surface area contributed by atoms with Crippen molar-refractivity contribution in [3.8, 4) is 0 Å². The predicted molar refractivity (Wildman–Crippen MR) is 264 cm³/mol. The molecule has 360 valence electrons. The second-order valence-corrected chi connectivity index (χ2v) is 18.6. The van der Waals surface area contributed by atoms with Crippen molar-refractivity contribution >= 4 is 11.9 Å². The van der Waals surface area contributed by atoms with Crippen molar-refractivity contribution in [2.75, 3.05) is 6.61 Å². The van der Waals surface area contributed by atoms with E-state index in [0.717, 1.165) is 64.2 Å². The minimum Gasteiger partial charge on any atom is -0.462 e. The SMILES string of the molecule is CC/C=C/C/C=C/CCCCCCCCCC(=O)OC(CCCCCCCCCCCCCC)CC(=O)NC(CO)C(O)CCCCCCCCCCCCCCCCCC. The van der Waals surface area contributed by atoms with Gasteiger partial charge in [-0.25, -0.2) is 0 Å². The summed E-state index contributed by atoms with van der Waals surface area (Å²) in [4.78, 5) is 26.2. The van der Waals surface area contributed by atoms with Crippen LogP contribution >= 0.6 is 0 Å². The fourth-order valence-electron chi connectivity index (χ4n) is 8.47. The molecule has 0 heterocycles. The number of esters is 1. The molecule has 61 heavy (non-hydrogen) atoms. The molecule has 0 aromatic heterocycles. The lowest BCUT2D eigenvalue weighted by molar-refractivity contribution is -0.151. The molecule has 1 amide bonds. The normalized spacial score (nSPS) is 13.3. The molecule has 0 aromatic rings. The van der Waals surface area contributed by atoms with Crippen molar-refractivity contribution in [1.82, 2.24) is 5.32 Å². The van der Waals surface area contributed by atoms with Crippen molar-refractivity contribution in [1.29, 1.82) is 0 Å². The van der Waals surface area contributed by atoms with Gasteiger partial charge in [-0.15, -0.1) is 0 Å². The molecule has 0 saturated heterocycles. The standard InChI is InChI=1S/C55H105NO5/c1-4-7-10-13-16-19-22-25-27-28-29-32-35-38-41-44-47-53(58)52(50-57)56-54(59)49-51(46-43-40-37-34-31-24-21-18-15-12-9-6-3)61-55(60)48-45-42-39-36-33-30-26-23-20-17-14-11-8-5-2/h8,11,17,20,51-53,57-58H,4-7,9-10,12-16,18-19,21-50H2,1-3H3,(H,56,59)/b11-8+,20-17+. The topological polar surface area (TPSA) is 95.9 Å². The first-order valence-corrected chi connectivity index (χ1v) is 27.1. The molecule has 0 aliphatic rings. The molecule has 6 heteroatoms. The number of unbranched alkanes of at least 4 members (excludes halogenated alkanes) is 33. The molecule has 3 N–H and O–H groups in total. The Morgan fingerprint density at radius 1 is 0.492 bits per heavy atom. The predicted octanol–water partition coefficient (Wildman–Crippen LogP) is 16.3. The number of hydrogen-bond donors (Lipinski definition) is 3. The van der Waals surface area contributed by atoms with Crippen molar-refractivity contribution in [2.45, 2.75) is 309 Å². The van der Waals surface area contributed by atoms with Gasteiger partial charge in [0.1, 0.15) is 6.10 Å². The van der Waals surface area contributed by atoms with Gasteiger partial charge in [0.2, 0.25) is 5.91 Å². The number of aliphatic hydroxyl groups is 2. The molecular formula is C55H105NO5. The zero-order valence-electron chi connectivity index (χ0n) is 41.1. The summed E-state index contributed by atoms with van der Waals surface area (Å²) >= 11 is 0. The van der Waals surface area contributed by atoms with E-state index in [0.29, 0.717) is 19.3 Å². The summed E-state index contributed by atoms with van der Waals surface area (Å²) in [6.07, 6.45) is 56.7. The number of hydrogen-bond acceptors (Lipinski definition) is 5. The van der Waals surface area contributed by atoms with Gasteiger partial charge in [-0.3, -0.25) is 9.59 Å².